The fourth-order valence-corrected chi connectivity index (χ4v) is 2.06. The molecule has 2 aromatic carbocycles. The van der Waals surface area contributed by atoms with Crippen molar-refractivity contribution in [3.63, 3.8) is 0 Å². The number of aliphatic carboxylic acids is 1. The van der Waals surface area contributed by atoms with Crippen LogP contribution in [0.1, 0.15) is 5.69 Å². The maximum Gasteiger partial charge on any atom is 0.325 e. The van der Waals surface area contributed by atoms with Gasteiger partial charge in [0.1, 0.15) is 6.54 Å². The number of oxazole rings is 1. The molecule has 0 fully saturated rings. The Morgan fingerprint density at radius 3 is 2.77 bits per heavy atom. The second-order valence-electron chi connectivity index (χ2n) is 4.63. The van der Waals surface area contributed by atoms with E-state index in [-0.39, 0.29) is 11.6 Å². The zero-order chi connectivity index (χ0) is 15.5. The minimum absolute atomic E-state index is 0.101. The standard InChI is InChI=1S/C16H12N2O4/c19-14(20)9-17-8-13-16(21)22-15(18-13)12-6-5-10-3-1-2-4-11(10)7-12/h1-8,21H,9H2,(H,19,20). The molecule has 0 aliphatic heterocycles. The fraction of sp³-hybridized carbons (Fsp3) is 0.0625. The number of benzene rings is 2. The van der Waals surface area contributed by atoms with Crippen LogP contribution in [0.5, 0.6) is 5.95 Å². The first-order valence-corrected chi connectivity index (χ1v) is 6.54. The Hall–Kier alpha value is -3.15. The van der Waals surface area contributed by atoms with Crippen molar-refractivity contribution in [2.45, 2.75) is 0 Å². The Bertz CT molecular complexity index is 867. The van der Waals surface area contributed by atoms with Crippen molar-refractivity contribution in [3.05, 3.63) is 48.2 Å². The molecule has 6 heteroatoms. The second-order valence-corrected chi connectivity index (χ2v) is 4.63. The SMILES string of the molecule is O=C(O)CN=Cc1nc(-c2ccc3ccccc3c2)oc1O. The number of carboxylic acid groups (broad SMARTS) is 1. The summed E-state index contributed by atoms with van der Waals surface area (Å²) in [6, 6.07) is 13.5. The maximum absolute atomic E-state index is 10.4. The average Bonchev–Trinajstić information content (AvgIpc) is 2.88. The quantitative estimate of drug-likeness (QED) is 0.722. The summed E-state index contributed by atoms with van der Waals surface area (Å²) in [4.78, 5) is 18.2. The number of aromatic nitrogens is 1. The summed E-state index contributed by atoms with van der Waals surface area (Å²) >= 11 is 0. The van der Waals surface area contributed by atoms with Crippen molar-refractivity contribution < 1.29 is 19.4 Å². The van der Waals surface area contributed by atoms with Crippen LogP contribution in [0.4, 0.5) is 0 Å². The lowest BCUT2D eigenvalue weighted by atomic mass is 10.1. The Morgan fingerprint density at radius 2 is 2.00 bits per heavy atom. The first-order valence-electron chi connectivity index (χ1n) is 6.54. The van der Waals surface area contributed by atoms with Gasteiger partial charge in [-0.25, -0.2) is 4.98 Å². The van der Waals surface area contributed by atoms with Gasteiger partial charge in [-0.3, -0.25) is 9.79 Å². The van der Waals surface area contributed by atoms with Crippen molar-refractivity contribution in [2.24, 2.45) is 4.99 Å². The molecule has 110 valence electrons. The molecule has 3 aromatic rings. The number of carbonyl (C=O) groups is 1. The normalized spacial score (nSPS) is 11.3. The summed E-state index contributed by atoms with van der Waals surface area (Å²) in [6.07, 6.45) is 1.18. The van der Waals surface area contributed by atoms with Crippen LogP contribution in [0.15, 0.2) is 51.9 Å². The smallest absolute Gasteiger partial charge is 0.325 e. The van der Waals surface area contributed by atoms with Crippen LogP contribution in [0.25, 0.3) is 22.2 Å². The molecule has 0 bridgehead atoms. The van der Waals surface area contributed by atoms with Gasteiger partial charge >= 0.3 is 11.9 Å². The topological polar surface area (TPSA) is 95.9 Å². The van der Waals surface area contributed by atoms with Crippen molar-refractivity contribution in [3.8, 4) is 17.4 Å². The molecule has 0 saturated heterocycles. The van der Waals surface area contributed by atoms with E-state index in [1.54, 1.807) is 0 Å². The second kappa shape index (κ2) is 5.69. The van der Waals surface area contributed by atoms with E-state index in [4.69, 9.17) is 9.52 Å². The Kier molecular flexibility index (Phi) is 3.57. The van der Waals surface area contributed by atoms with Gasteiger partial charge < -0.3 is 14.6 Å². The van der Waals surface area contributed by atoms with Crippen LogP contribution < -0.4 is 0 Å². The highest BCUT2D eigenvalue weighted by atomic mass is 16.5. The molecule has 0 unspecified atom stereocenters. The third-order valence-corrected chi connectivity index (χ3v) is 3.07. The van der Waals surface area contributed by atoms with Crippen molar-refractivity contribution >= 4 is 23.0 Å². The van der Waals surface area contributed by atoms with Crippen molar-refractivity contribution in [1.82, 2.24) is 4.98 Å². The highest BCUT2D eigenvalue weighted by molar-refractivity contribution is 5.87. The molecule has 0 radical (unpaired) electrons. The number of aliphatic imine (C=N–C) groups is 1. The van der Waals surface area contributed by atoms with Crippen LogP contribution in [-0.4, -0.2) is 33.9 Å². The van der Waals surface area contributed by atoms with Crippen LogP contribution in [0, 0.1) is 0 Å². The molecule has 0 aliphatic carbocycles. The third-order valence-electron chi connectivity index (χ3n) is 3.07. The monoisotopic (exact) mass is 296 g/mol. The maximum atomic E-state index is 10.4. The summed E-state index contributed by atoms with van der Waals surface area (Å²) in [7, 11) is 0. The van der Waals surface area contributed by atoms with Gasteiger partial charge in [-0.15, -0.1) is 0 Å². The van der Waals surface area contributed by atoms with E-state index >= 15 is 0 Å². The highest BCUT2D eigenvalue weighted by Crippen LogP contribution is 2.28. The molecule has 3 rings (SSSR count). The van der Waals surface area contributed by atoms with Gasteiger partial charge in [-0.2, -0.15) is 0 Å². The number of hydrogen-bond acceptors (Lipinski definition) is 5. The number of fused-ring (bicyclic) bond motifs is 1. The highest BCUT2D eigenvalue weighted by Gasteiger charge is 2.12. The largest absolute Gasteiger partial charge is 0.480 e. The number of rotatable bonds is 4. The Balaban J connectivity index is 1.93. The molecule has 0 atom stereocenters. The summed E-state index contributed by atoms with van der Waals surface area (Å²) in [5, 5.41) is 20.3. The Labute approximate surface area is 125 Å². The minimum Gasteiger partial charge on any atom is -0.480 e. The van der Waals surface area contributed by atoms with Crippen molar-refractivity contribution in [2.75, 3.05) is 6.54 Å². The van der Waals surface area contributed by atoms with E-state index in [0.29, 0.717) is 5.56 Å². The molecule has 1 aromatic heterocycles. The van der Waals surface area contributed by atoms with Gasteiger partial charge in [0, 0.05) is 5.56 Å². The lowest BCUT2D eigenvalue weighted by molar-refractivity contribution is -0.135. The van der Waals surface area contributed by atoms with Gasteiger partial charge in [0.15, 0.2) is 5.69 Å². The van der Waals surface area contributed by atoms with Gasteiger partial charge in [0.25, 0.3) is 0 Å². The van der Waals surface area contributed by atoms with E-state index in [0.717, 1.165) is 10.8 Å². The molecule has 0 amide bonds. The molecule has 0 aliphatic rings. The summed E-state index contributed by atoms with van der Waals surface area (Å²) in [5.41, 5.74) is 0.816. The first-order chi connectivity index (χ1) is 10.6. The molecular weight excluding hydrogens is 284 g/mol. The molecular formula is C16H12N2O4. The van der Waals surface area contributed by atoms with Gasteiger partial charge in [0.05, 0.1) is 6.21 Å². The number of hydrogen-bond donors (Lipinski definition) is 2. The molecule has 22 heavy (non-hydrogen) atoms. The van der Waals surface area contributed by atoms with Gasteiger partial charge in [0.2, 0.25) is 5.89 Å². The fourth-order valence-electron chi connectivity index (χ4n) is 2.06. The van der Waals surface area contributed by atoms with Crippen LogP contribution in [0.2, 0.25) is 0 Å². The van der Waals surface area contributed by atoms with Crippen LogP contribution >= 0.6 is 0 Å². The summed E-state index contributed by atoms with van der Waals surface area (Å²) in [5.74, 6) is -1.20. The first kappa shape index (κ1) is 13.8. The number of nitrogens with zero attached hydrogens (tertiary/aromatic N) is 2. The predicted octanol–water partition coefficient (Wildman–Crippen LogP) is 2.70. The zero-order valence-corrected chi connectivity index (χ0v) is 11.4. The lowest BCUT2D eigenvalue weighted by Crippen LogP contribution is -1.99. The van der Waals surface area contributed by atoms with Crippen LogP contribution in [-0.2, 0) is 4.79 Å². The van der Waals surface area contributed by atoms with E-state index < -0.39 is 18.5 Å². The molecule has 0 saturated carbocycles. The van der Waals surface area contributed by atoms with Gasteiger partial charge in [-0.05, 0) is 22.9 Å². The van der Waals surface area contributed by atoms with E-state index in [9.17, 15) is 9.90 Å². The number of carboxylic acids is 1. The summed E-state index contributed by atoms with van der Waals surface area (Å²) < 4.78 is 5.21. The summed E-state index contributed by atoms with van der Waals surface area (Å²) in [6.45, 7) is -0.391. The predicted molar refractivity (Wildman–Crippen MR) is 81.2 cm³/mol. The Morgan fingerprint density at radius 1 is 1.23 bits per heavy atom. The van der Waals surface area contributed by atoms with Gasteiger partial charge in [-0.1, -0.05) is 30.3 Å². The van der Waals surface area contributed by atoms with E-state index in [2.05, 4.69) is 9.98 Å². The van der Waals surface area contributed by atoms with E-state index in [1.807, 2.05) is 42.5 Å². The molecule has 6 nitrogen and oxygen atoms in total. The minimum atomic E-state index is -1.06. The lowest BCUT2D eigenvalue weighted by Gasteiger charge is -1.99. The van der Waals surface area contributed by atoms with Crippen LogP contribution in [0.3, 0.4) is 0 Å². The number of aromatic hydroxyl groups is 1. The molecule has 0 spiro atoms. The third kappa shape index (κ3) is 2.80. The van der Waals surface area contributed by atoms with E-state index in [1.165, 1.54) is 6.21 Å². The molecule has 2 N–H and O–H groups in total. The zero-order valence-electron chi connectivity index (χ0n) is 11.4. The molecule has 1 heterocycles. The average molecular weight is 296 g/mol. The van der Waals surface area contributed by atoms with Crippen molar-refractivity contribution in [1.29, 1.82) is 0 Å².